The Labute approximate surface area is 139 Å². The van der Waals surface area contributed by atoms with Gasteiger partial charge in [0.25, 0.3) is 0 Å². The number of aliphatic carboxylic acids is 1. The second kappa shape index (κ2) is 6.13. The zero-order valence-corrected chi connectivity index (χ0v) is 13.7. The standard InChI is InChI=1S/C18H17ClO4/c1-10-3-4-15(11(2)7-10)23-17-9-16-13(8-14(17)19)12(18(20)21)5-6-22-16/h3-4,7-9,12H,5-6H2,1-2H3,(H,20,21). The molecular weight excluding hydrogens is 316 g/mol. The van der Waals surface area contributed by atoms with E-state index in [-0.39, 0.29) is 0 Å². The molecule has 0 fully saturated rings. The molecule has 0 aliphatic carbocycles. The molecule has 1 aliphatic rings. The number of benzene rings is 2. The fourth-order valence-electron chi connectivity index (χ4n) is 2.76. The Bertz CT molecular complexity index is 770. The van der Waals surface area contributed by atoms with Crippen molar-refractivity contribution in [2.24, 2.45) is 0 Å². The van der Waals surface area contributed by atoms with Gasteiger partial charge in [0, 0.05) is 11.6 Å². The summed E-state index contributed by atoms with van der Waals surface area (Å²) in [6.07, 6.45) is 0.440. The largest absolute Gasteiger partial charge is 0.493 e. The molecule has 1 heterocycles. The molecule has 1 unspecified atom stereocenters. The number of rotatable bonds is 3. The van der Waals surface area contributed by atoms with Crippen molar-refractivity contribution in [3.8, 4) is 17.2 Å². The molecule has 0 saturated carbocycles. The highest BCUT2D eigenvalue weighted by Gasteiger charge is 2.29. The first-order chi connectivity index (χ1) is 11.0. The van der Waals surface area contributed by atoms with Crippen molar-refractivity contribution < 1.29 is 19.4 Å². The molecule has 120 valence electrons. The van der Waals surface area contributed by atoms with Gasteiger partial charge in [-0.15, -0.1) is 0 Å². The van der Waals surface area contributed by atoms with Gasteiger partial charge in [0.15, 0.2) is 0 Å². The van der Waals surface area contributed by atoms with E-state index < -0.39 is 11.9 Å². The highest BCUT2D eigenvalue weighted by molar-refractivity contribution is 6.32. The van der Waals surface area contributed by atoms with Crippen LogP contribution in [0.3, 0.4) is 0 Å². The molecule has 0 bridgehead atoms. The molecule has 1 aliphatic heterocycles. The molecule has 0 saturated heterocycles. The van der Waals surface area contributed by atoms with E-state index in [0.29, 0.717) is 40.9 Å². The second-order valence-electron chi connectivity index (χ2n) is 5.72. The van der Waals surface area contributed by atoms with Gasteiger partial charge < -0.3 is 14.6 Å². The molecule has 2 aromatic rings. The third kappa shape index (κ3) is 3.13. The van der Waals surface area contributed by atoms with Crippen LogP contribution in [0.5, 0.6) is 17.2 Å². The lowest BCUT2D eigenvalue weighted by Gasteiger charge is -2.24. The van der Waals surface area contributed by atoms with Crippen LogP contribution in [0.25, 0.3) is 0 Å². The van der Waals surface area contributed by atoms with Crippen LogP contribution in [0.2, 0.25) is 5.02 Å². The summed E-state index contributed by atoms with van der Waals surface area (Å²) >= 11 is 6.29. The summed E-state index contributed by atoms with van der Waals surface area (Å²) in [6.45, 7) is 4.35. The normalized spacial score (nSPS) is 16.4. The maximum absolute atomic E-state index is 11.4. The summed E-state index contributed by atoms with van der Waals surface area (Å²) < 4.78 is 11.5. The minimum Gasteiger partial charge on any atom is -0.493 e. The first kappa shape index (κ1) is 15.7. The number of hydrogen-bond donors (Lipinski definition) is 1. The highest BCUT2D eigenvalue weighted by atomic mass is 35.5. The zero-order valence-electron chi connectivity index (χ0n) is 12.9. The van der Waals surface area contributed by atoms with Crippen molar-refractivity contribution in [3.63, 3.8) is 0 Å². The molecule has 1 atom stereocenters. The predicted molar refractivity (Wildman–Crippen MR) is 87.9 cm³/mol. The molecule has 0 spiro atoms. The Morgan fingerprint density at radius 1 is 1.26 bits per heavy atom. The number of carboxylic acid groups (broad SMARTS) is 1. The molecule has 0 aromatic heterocycles. The molecule has 0 amide bonds. The summed E-state index contributed by atoms with van der Waals surface area (Å²) in [5.41, 5.74) is 2.75. The van der Waals surface area contributed by atoms with Crippen LogP contribution in [-0.2, 0) is 4.79 Å². The van der Waals surface area contributed by atoms with E-state index in [0.717, 1.165) is 11.1 Å². The van der Waals surface area contributed by atoms with Crippen molar-refractivity contribution >= 4 is 17.6 Å². The maximum Gasteiger partial charge on any atom is 0.311 e. The van der Waals surface area contributed by atoms with Crippen molar-refractivity contribution in [2.75, 3.05) is 6.61 Å². The van der Waals surface area contributed by atoms with Gasteiger partial charge in [0.05, 0.1) is 17.5 Å². The minimum atomic E-state index is -0.867. The maximum atomic E-state index is 11.4. The van der Waals surface area contributed by atoms with Crippen LogP contribution in [0, 0.1) is 13.8 Å². The number of ether oxygens (including phenoxy) is 2. The molecule has 23 heavy (non-hydrogen) atoms. The number of hydrogen-bond acceptors (Lipinski definition) is 3. The molecule has 5 heteroatoms. The predicted octanol–water partition coefficient (Wildman–Crippen LogP) is 4.70. The van der Waals surface area contributed by atoms with Crippen molar-refractivity contribution in [1.29, 1.82) is 0 Å². The lowest BCUT2D eigenvalue weighted by molar-refractivity contribution is -0.139. The molecule has 2 aromatic carbocycles. The summed E-state index contributed by atoms with van der Waals surface area (Å²) in [6, 6.07) is 9.19. The van der Waals surface area contributed by atoms with Gasteiger partial charge >= 0.3 is 5.97 Å². The Balaban J connectivity index is 1.97. The van der Waals surface area contributed by atoms with E-state index in [4.69, 9.17) is 21.1 Å². The van der Waals surface area contributed by atoms with Crippen LogP contribution in [0.4, 0.5) is 0 Å². The average Bonchev–Trinajstić information content (AvgIpc) is 2.50. The van der Waals surface area contributed by atoms with E-state index in [1.54, 1.807) is 12.1 Å². The third-order valence-corrected chi connectivity index (χ3v) is 4.25. The third-order valence-electron chi connectivity index (χ3n) is 3.95. The monoisotopic (exact) mass is 332 g/mol. The quantitative estimate of drug-likeness (QED) is 0.885. The van der Waals surface area contributed by atoms with Crippen molar-refractivity contribution in [2.45, 2.75) is 26.2 Å². The fraction of sp³-hybridized carbons (Fsp3) is 0.278. The molecule has 4 nitrogen and oxygen atoms in total. The molecular formula is C18H17ClO4. The SMILES string of the molecule is Cc1ccc(Oc2cc3c(cc2Cl)C(C(=O)O)CCO3)c(C)c1. The summed E-state index contributed by atoms with van der Waals surface area (Å²) in [4.78, 5) is 11.4. The number of aryl methyl sites for hydroxylation is 2. The number of carbonyl (C=O) groups is 1. The van der Waals surface area contributed by atoms with Gasteiger partial charge in [-0.2, -0.15) is 0 Å². The number of fused-ring (bicyclic) bond motifs is 1. The second-order valence-corrected chi connectivity index (χ2v) is 6.13. The van der Waals surface area contributed by atoms with Gasteiger partial charge in [-0.3, -0.25) is 4.79 Å². The Morgan fingerprint density at radius 2 is 2.04 bits per heavy atom. The van der Waals surface area contributed by atoms with Gasteiger partial charge in [-0.05, 0) is 38.0 Å². The lowest BCUT2D eigenvalue weighted by Crippen LogP contribution is -2.20. The van der Waals surface area contributed by atoms with Crippen LogP contribution < -0.4 is 9.47 Å². The van der Waals surface area contributed by atoms with E-state index in [1.807, 2.05) is 32.0 Å². The van der Waals surface area contributed by atoms with E-state index >= 15 is 0 Å². The van der Waals surface area contributed by atoms with Crippen molar-refractivity contribution in [3.05, 3.63) is 52.0 Å². The smallest absolute Gasteiger partial charge is 0.311 e. The van der Waals surface area contributed by atoms with Gasteiger partial charge in [0.2, 0.25) is 0 Å². The fourth-order valence-corrected chi connectivity index (χ4v) is 2.97. The van der Waals surface area contributed by atoms with Crippen LogP contribution in [0.15, 0.2) is 30.3 Å². The summed E-state index contributed by atoms with van der Waals surface area (Å²) in [7, 11) is 0. The topological polar surface area (TPSA) is 55.8 Å². The van der Waals surface area contributed by atoms with Gasteiger partial charge in [0.1, 0.15) is 17.2 Å². The number of halogens is 1. The molecule has 3 rings (SSSR count). The zero-order chi connectivity index (χ0) is 16.6. The van der Waals surface area contributed by atoms with Crippen LogP contribution >= 0.6 is 11.6 Å². The van der Waals surface area contributed by atoms with Crippen LogP contribution in [0.1, 0.15) is 29.0 Å². The van der Waals surface area contributed by atoms with E-state index in [1.165, 1.54) is 0 Å². The minimum absolute atomic E-state index is 0.370. The summed E-state index contributed by atoms with van der Waals surface area (Å²) in [5.74, 6) is 0.236. The molecule has 0 radical (unpaired) electrons. The average molecular weight is 333 g/mol. The Kier molecular flexibility index (Phi) is 4.18. The Morgan fingerprint density at radius 3 is 2.74 bits per heavy atom. The first-order valence-electron chi connectivity index (χ1n) is 7.40. The summed E-state index contributed by atoms with van der Waals surface area (Å²) in [5, 5.41) is 9.69. The lowest BCUT2D eigenvalue weighted by atomic mass is 9.93. The molecule has 1 N–H and O–H groups in total. The van der Waals surface area contributed by atoms with E-state index in [2.05, 4.69) is 0 Å². The van der Waals surface area contributed by atoms with Gasteiger partial charge in [-0.25, -0.2) is 0 Å². The van der Waals surface area contributed by atoms with Crippen molar-refractivity contribution in [1.82, 2.24) is 0 Å². The van der Waals surface area contributed by atoms with E-state index in [9.17, 15) is 9.90 Å². The number of carboxylic acids is 1. The van der Waals surface area contributed by atoms with Gasteiger partial charge in [-0.1, -0.05) is 29.3 Å². The van der Waals surface area contributed by atoms with Crippen LogP contribution in [-0.4, -0.2) is 17.7 Å². The first-order valence-corrected chi connectivity index (χ1v) is 7.77. The Hall–Kier alpha value is -2.20. The highest BCUT2D eigenvalue weighted by Crippen LogP contribution is 2.42.